The normalized spacial score (nSPS) is 16.9. The molecule has 3 aromatic rings. The topological polar surface area (TPSA) is 45.1 Å². The van der Waals surface area contributed by atoms with E-state index in [2.05, 4.69) is 36.1 Å². The molecule has 2 aliphatic heterocycles. The van der Waals surface area contributed by atoms with E-state index >= 15 is 0 Å². The van der Waals surface area contributed by atoms with Gasteiger partial charge < -0.3 is 9.80 Å². The molecule has 5 nitrogen and oxygen atoms in total. The summed E-state index contributed by atoms with van der Waals surface area (Å²) in [6, 6.07) is 19.9. The fourth-order valence-electron chi connectivity index (χ4n) is 5.00. The van der Waals surface area contributed by atoms with E-state index in [1.54, 1.807) is 4.90 Å². The molecule has 31 heavy (non-hydrogen) atoms. The molecule has 0 bridgehead atoms. The number of nitrogens with one attached hydrogen (secondary N) is 1. The van der Waals surface area contributed by atoms with Crippen LogP contribution in [0, 0.1) is 6.92 Å². The monoisotopic (exact) mass is 414 g/mol. The van der Waals surface area contributed by atoms with Crippen molar-refractivity contribution < 1.29 is 14.5 Å². The molecule has 2 aliphatic rings. The summed E-state index contributed by atoms with van der Waals surface area (Å²) in [5.74, 6) is -0.317. The first-order valence-electron chi connectivity index (χ1n) is 11.2. The molecule has 1 fully saturated rings. The van der Waals surface area contributed by atoms with Crippen molar-refractivity contribution in [2.45, 2.75) is 13.3 Å². The van der Waals surface area contributed by atoms with Gasteiger partial charge in [0.15, 0.2) is 0 Å². The Morgan fingerprint density at radius 3 is 2.13 bits per heavy atom. The molecule has 5 rings (SSSR count). The van der Waals surface area contributed by atoms with E-state index in [-0.39, 0.29) is 11.8 Å². The number of carbonyl (C=O) groups is 2. The molecule has 0 radical (unpaired) electrons. The predicted octanol–water partition coefficient (Wildman–Crippen LogP) is 2.54. The van der Waals surface area contributed by atoms with Gasteiger partial charge in [-0.05, 0) is 36.1 Å². The van der Waals surface area contributed by atoms with Crippen LogP contribution in [0.3, 0.4) is 0 Å². The van der Waals surface area contributed by atoms with Crippen molar-refractivity contribution in [2.75, 3.05) is 44.2 Å². The fraction of sp³-hybridized carbons (Fsp3) is 0.308. The number of piperazine rings is 1. The van der Waals surface area contributed by atoms with Gasteiger partial charge in [0.25, 0.3) is 11.8 Å². The molecule has 2 amide bonds. The first-order valence-corrected chi connectivity index (χ1v) is 11.2. The van der Waals surface area contributed by atoms with Crippen molar-refractivity contribution in [3.05, 3.63) is 77.4 Å². The number of amides is 2. The van der Waals surface area contributed by atoms with Crippen LogP contribution < -0.4 is 9.80 Å². The van der Waals surface area contributed by atoms with Gasteiger partial charge in [-0.15, -0.1) is 0 Å². The van der Waals surface area contributed by atoms with Gasteiger partial charge in [0.1, 0.15) is 0 Å². The van der Waals surface area contributed by atoms with E-state index in [4.69, 9.17) is 0 Å². The van der Waals surface area contributed by atoms with E-state index in [1.807, 2.05) is 36.4 Å². The molecule has 0 saturated carbocycles. The molecule has 1 N–H and O–H groups in total. The maximum absolute atomic E-state index is 13.0. The SMILES string of the molecule is Cc1ccccc1N1CC[NH+](CCCN2C(=O)c3cccc4cccc(c34)C2=O)CC1. The van der Waals surface area contributed by atoms with Gasteiger partial charge in [0.2, 0.25) is 0 Å². The minimum atomic E-state index is -0.159. The summed E-state index contributed by atoms with van der Waals surface area (Å²) in [5.41, 5.74) is 3.95. The Morgan fingerprint density at radius 1 is 0.839 bits per heavy atom. The second kappa shape index (κ2) is 8.16. The van der Waals surface area contributed by atoms with E-state index < -0.39 is 0 Å². The lowest BCUT2D eigenvalue weighted by atomic mass is 9.94. The highest BCUT2D eigenvalue weighted by atomic mass is 16.2. The zero-order valence-electron chi connectivity index (χ0n) is 17.9. The molecule has 0 aromatic heterocycles. The predicted molar refractivity (Wildman–Crippen MR) is 123 cm³/mol. The Morgan fingerprint density at radius 2 is 1.48 bits per heavy atom. The van der Waals surface area contributed by atoms with Crippen LogP contribution in [0.2, 0.25) is 0 Å². The standard InChI is InChI=1S/C26H27N3O2/c1-19-7-2-3-12-23(19)28-17-15-27(16-18-28)13-6-14-29-25(30)21-10-4-8-20-9-5-11-22(24(20)21)26(29)31/h2-5,7-12H,6,13-18H2,1H3/p+1. The van der Waals surface area contributed by atoms with Gasteiger partial charge in [-0.2, -0.15) is 0 Å². The highest BCUT2D eigenvalue weighted by Crippen LogP contribution is 2.29. The lowest BCUT2D eigenvalue weighted by Crippen LogP contribution is -3.15. The maximum Gasteiger partial charge on any atom is 0.261 e. The summed E-state index contributed by atoms with van der Waals surface area (Å²) in [4.78, 5) is 31.5. The third kappa shape index (κ3) is 3.59. The molecular formula is C26H28N3O2+. The number of nitrogens with zero attached hydrogens (tertiary/aromatic N) is 2. The Balaban J connectivity index is 1.20. The summed E-state index contributed by atoms with van der Waals surface area (Å²) in [5, 5.41) is 1.75. The summed E-state index contributed by atoms with van der Waals surface area (Å²) >= 11 is 0. The lowest BCUT2D eigenvalue weighted by Gasteiger charge is -2.35. The number of carbonyl (C=O) groups excluding carboxylic acids is 2. The van der Waals surface area contributed by atoms with Crippen LogP contribution in [-0.4, -0.2) is 56.0 Å². The number of hydrogen-bond donors (Lipinski definition) is 1. The summed E-state index contributed by atoms with van der Waals surface area (Å²) in [6.07, 6.45) is 0.829. The minimum Gasteiger partial charge on any atom is -0.360 e. The molecule has 3 aromatic carbocycles. The highest BCUT2D eigenvalue weighted by molar-refractivity contribution is 6.25. The Labute approximate surface area is 182 Å². The zero-order valence-corrected chi connectivity index (χ0v) is 17.9. The number of anilines is 1. The Hall–Kier alpha value is -3.18. The maximum atomic E-state index is 13.0. The van der Waals surface area contributed by atoms with Crippen LogP contribution in [0.15, 0.2) is 60.7 Å². The second-order valence-electron chi connectivity index (χ2n) is 8.60. The van der Waals surface area contributed by atoms with Gasteiger partial charge in [-0.25, -0.2) is 0 Å². The first-order chi connectivity index (χ1) is 15.1. The summed E-state index contributed by atoms with van der Waals surface area (Å²) in [7, 11) is 0. The van der Waals surface area contributed by atoms with Gasteiger partial charge >= 0.3 is 0 Å². The van der Waals surface area contributed by atoms with Crippen molar-refractivity contribution in [3.63, 3.8) is 0 Å². The molecular weight excluding hydrogens is 386 g/mol. The number of imide groups is 1. The average Bonchev–Trinajstić information content (AvgIpc) is 2.80. The van der Waals surface area contributed by atoms with E-state index in [9.17, 15) is 9.59 Å². The van der Waals surface area contributed by atoms with Crippen LogP contribution in [0.4, 0.5) is 5.69 Å². The molecule has 1 saturated heterocycles. The molecule has 0 unspecified atom stereocenters. The van der Waals surface area contributed by atoms with Crippen LogP contribution in [-0.2, 0) is 0 Å². The molecule has 0 atom stereocenters. The number of rotatable bonds is 5. The molecule has 2 heterocycles. The quantitative estimate of drug-likeness (QED) is 0.653. The Bertz CT molecular complexity index is 1100. The largest absolute Gasteiger partial charge is 0.360 e. The first kappa shape index (κ1) is 19.8. The van der Waals surface area contributed by atoms with Crippen LogP contribution in [0.1, 0.15) is 32.7 Å². The number of hydrogen-bond acceptors (Lipinski definition) is 3. The van der Waals surface area contributed by atoms with Crippen LogP contribution in [0.25, 0.3) is 10.8 Å². The van der Waals surface area contributed by atoms with Gasteiger partial charge in [0, 0.05) is 35.2 Å². The van der Waals surface area contributed by atoms with E-state index in [0.717, 1.165) is 49.9 Å². The van der Waals surface area contributed by atoms with E-state index in [0.29, 0.717) is 17.7 Å². The smallest absolute Gasteiger partial charge is 0.261 e. The van der Waals surface area contributed by atoms with Gasteiger partial charge in [-0.1, -0.05) is 42.5 Å². The molecule has 158 valence electrons. The number of benzene rings is 3. The van der Waals surface area contributed by atoms with Gasteiger partial charge in [-0.3, -0.25) is 14.5 Å². The minimum absolute atomic E-state index is 0.159. The molecule has 5 heteroatoms. The Kier molecular flexibility index (Phi) is 5.20. The second-order valence-corrected chi connectivity index (χ2v) is 8.60. The number of quaternary nitrogens is 1. The number of aryl methyl sites for hydroxylation is 1. The van der Waals surface area contributed by atoms with Crippen molar-refractivity contribution >= 4 is 28.3 Å². The lowest BCUT2D eigenvalue weighted by molar-refractivity contribution is -0.900. The van der Waals surface area contributed by atoms with Crippen molar-refractivity contribution in [1.82, 2.24) is 4.90 Å². The van der Waals surface area contributed by atoms with Crippen molar-refractivity contribution in [2.24, 2.45) is 0 Å². The third-order valence-corrected chi connectivity index (χ3v) is 6.69. The van der Waals surface area contributed by atoms with Crippen LogP contribution in [0.5, 0.6) is 0 Å². The molecule has 0 aliphatic carbocycles. The average molecular weight is 415 g/mol. The highest BCUT2D eigenvalue weighted by Gasteiger charge is 2.32. The third-order valence-electron chi connectivity index (χ3n) is 6.69. The van der Waals surface area contributed by atoms with Crippen molar-refractivity contribution in [3.8, 4) is 0 Å². The summed E-state index contributed by atoms with van der Waals surface area (Å²) < 4.78 is 0. The van der Waals surface area contributed by atoms with Crippen molar-refractivity contribution in [1.29, 1.82) is 0 Å². The van der Waals surface area contributed by atoms with E-state index in [1.165, 1.54) is 16.2 Å². The van der Waals surface area contributed by atoms with Crippen LogP contribution >= 0.6 is 0 Å². The zero-order chi connectivity index (χ0) is 21.4. The summed E-state index contributed by atoms with van der Waals surface area (Å²) in [6.45, 7) is 7.86. The fourth-order valence-corrected chi connectivity index (χ4v) is 5.00. The van der Waals surface area contributed by atoms with Gasteiger partial charge in [0.05, 0.1) is 32.7 Å². The number of para-hydroxylation sites is 1. The molecule has 0 spiro atoms.